The van der Waals surface area contributed by atoms with Crippen molar-refractivity contribution in [3.05, 3.63) is 29.8 Å². The van der Waals surface area contributed by atoms with Crippen molar-refractivity contribution in [2.45, 2.75) is 64.5 Å². The van der Waals surface area contributed by atoms with E-state index in [-0.39, 0.29) is 24.4 Å². The number of carbonyl (C=O) groups is 2. The molecule has 24 heavy (non-hydrogen) atoms. The monoisotopic (exact) mass is 331 g/mol. The van der Waals surface area contributed by atoms with Gasteiger partial charge in [0.1, 0.15) is 0 Å². The van der Waals surface area contributed by atoms with E-state index in [0.29, 0.717) is 17.3 Å². The summed E-state index contributed by atoms with van der Waals surface area (Å²) >= 11 is 0. The topological polar surface area (TPSA) is 70.2 Å². The molecule has 2 amide bonds. The second kappa shape index (κ2) is 9.42. The molecule has 1 aromatic carbocycles. The summed E-state index contributed by atoms with van der Waals surface area (Å²) in [4.78, 5) is 24.3. The fourth-order valence-electron chi connectivity index (χ4n) is 2.87. The van der Waals surface area contributed by atoms with Crippen LogP contribution in [-0.4, -0.2) is 30.4 Å². The van der Waals surface area contributed by atoms with Gasteiger partial charge in [-0.25, -0.2) is 0 Å². The molecule has 1 aromatic rings. The van der Waals surface area contributed by atoms with Gasteiger partial charge in [0.2, 0.25) is 5.91 Å². The first kappa shape index (κ1) is 18.5. The number of hydrogen-bond acceptors (Lipinski definition) is 3. The minimum absolute atomic E-state index is 0.0595. The van der Waals surface area contributed by atoms with E-state index in [2.05, 4.69) is 22.9 Å². The zero-order valence-corrected chi connectivity index (χ0v) is 14.7. The first-order valence-electron chi connectivity index (χ1n) is 9.02. The highest BCUT2D eigenvalue weighted by Gasteiger charge is 2.17. The van der Waals surface area contributed by atoms with E-state index in [1.165, 1.54) is 19.3 Å². The normalized spacial score (nSPS) is 16.4. The average Bonchev–Trinajstić information content (AvgIpc) is 2.60. The molecule has 1 atom stereocenters. The lowest BCUT2D eigenvalue weighted by Gasteiger charge is -2.22. The first-order valence-corrected chi connectivity index (χ1v) is 9.02. The van der Waals surface area contributed by atoms with E-state index in [4.69, 9.17) is 0 Å². The highest BCUT2D eigenvalue weighted by molar-refractivity contribution is 5.97. The Morgan fingerprint density at radius 3 is 2.67 bits per heavy atom. The molecule has 0 aliphatic heterocycles. The Bertz CT molecular complexity index is 553. The lowest BCUT2D eigenvalue weighted by molar-refractivity contribution is -0.115. The summed E-state index contributed by atoms with van der Waals surface area (Å²) in [6, 6.07) is 7.71. The summed E-state index contributed by atoms with van der Waals surface area (Å²) in [5.74, 6) is -0.157. The van der Waals surface area contributed by atoms with Crippen molar-refractivity contribution in [1.29, 1.82) is 0 Å². The smallest absolute Gasteiger partial charge is 0.251 e. The molecule has 132 valence electrons. The van der Waals surface area contributed by atoms with Crippen molar-refractivity contribution in [3.63, 3.8) is 0 Å². The van der Waals surface area contributed by atoms with Crippen molar-refractivity contribution < 1.29 is 9.59 Å². The van der Waals surface area contributed by atoms with Crippen LogP contribution in [0.1, 0.15) is 62.7 Å². The predicted molar refractivity (Wildman–Crippen MR) is 97.2 cm³/mol. The van der Waals surface area contributed by atoms with Gasteiger partial charge in [0.15, 0.2) is 0 Å². The van der Waals surface area contributed by atoms with E-state index in [0.717, 1.165) is 19.3 Å². The number of benzene rings is 1. The number of hydrogen-bond donors (Lipinski definition) is 3. The van der Waals surface area contributed by atoms with Crippen molar-refractivity contribution >= 4 is 17.5 Å². The average molecular weight is 331 g/mol. The minimum Gasteiger partial charge on any atom is -0.349 e. The molecular weight excluding hydrogens is 302 g/mol. The molecule has 0 saturated heterocycles. The molecule has 1 unspecified atom stereocenters. The molecular formula is C19H29N3O2. The third-order valence-electron chi connectivity index (χ3n) is 4.57. The van der Waals surface area contributed by atoms with Crippen LogP contribution in [-0.2, 0) is 4.79 Å². The van der Waals surface area contributed by atoms with Crippen LogP contribution in [0.3, 0.4) is 0 Å². The summed E-state index contributed by atoms with van der Waals surface area (Å²) in [5.41, 5.74) is 1.25. The van der Waals surface area contributed by atoms with Gasteiger partial charge in [-0.05, 0) is 44.4 Å². The number of rotatable bonds is 7. The Hall–Kier alpha value is -1.88. The fraction of sp³-hybridized carbons (Fsp3) is 0.579. The predicted octanol–water partition coefficient (Wildman–Crippen LogP) is 3.08. The maximum Gasteiger partial charge on any atom is 0.251 e. The highest BCUT2D eigenvalue weighted by atomic mass is 16.2. The summed E-state index contributed by atoms with van der Waals surface area (Å²) in [6.07, 6.45) is 6.73. The van der Waals surface area contributed by atoms with Gasteiger partial charge in [0, 0.05) is 23.3 Å². The largest absolute Gasteiger partial charge is 0.349 e. The van der Waals surface area contributed by atoms with Crippen LogP contribution in [0.15, 0.2) is 24.3 Å². The molecule has 1 aliphatic rings. The Labute approximate surface area is 144 Å². The van der Waals surface area contributed by atoms with E-state index in [9.17, 15) is 9.59 Å². The maximum absolute atomic E-state index is 12.4. The van der Waals surface area contributed by atoms with Gasteiger partial charge >= 0.3 is 0 Å². The highest BCUT2D eigenvalue weighted by Crippen LogP contribution is 2.18. The van der Waals surface area contributed by atoms with Gasteiger partial charge in [0.25, 0.3) is 5.91 Å². The molecule has 5 heteroatoms. The molecule has 5 nitrogen and oxygen atoms in total. The van der Waals surface area contributed by atoms with Gasteiger partial charge < -0.3 is 16.0 Å². The molecule has 2 rings (SSSR count). The molecule has 0 aromatic heterocycles. The van der Waals surface area contributed by atoms with E-state index < -0.39 is 0 Å². The zero-order valence-electron chi connectivity index (χ0n) is 14.7. The second-order valence-electron chi connectivity index (χ2n) is 6.63. The van der Waals surface area contributed by atoms with Gasteiger partial charge in [-0.1, -0.05) is 32.3 Å². The first-order chi connectivity index (χ1) is 11.6. The van der Waals surface area contributed by atoms with Crippen LogP contribution in [0.2, 0.25) is 0 Å². The van der Waals surface area contributed by atoms with Crippen molar-refractivity contribution in [2.24, 2.45) is 0 Å². The standard InChI is InChI=1S/C19H29N3O2/c1-3-14(2)20-13-18(23)21-17-11-7-8-15(12-17)19(24)22-16-9-5-4-6-10-16/h7-8,11-12,14,16,20H,3-6,9-10,13H2,1-2H3,(H,21,23)(H,22,24). The second-order valence-corrected chi connectivity index (χ2v) is 6.63. The van der Waals surface area contributed by atoms with Crippen LogP contribution >= 0.6 is 0 Å². The van der Waals surface area contributed by atoms with Crippen molar-refractivity contribution in [3.8, 4) is 0 Å². The van der Waals surface area contributed by atoms with Crippen LogP contribution in [0.4, 0.5) is 5.69 Å². The zero-order chi connectivity index (χ0) is 17.4. The third kappa shape index (κ3) is 5.96. The van der Waals surface area contributed by atoms with Gasteiger partial charge in [-0.2, -0.15) is 0 Å². The molecule has 3 N–H and O–H groups in total. The number of amides is 2. The Kier molecular flexibility index (Phi) is 7.25. The molecule has 1 fully saturated rings. The number of anilines is 1. The van der Waals surface area contributed by atoms with Gasteiger partial charge in [-0.3, -0.25) is 9.59 Å². The molecule has 1 saturated carbocycles. The summed E-state index contributed by atoms with van der Waals surface area (Å²) in [5, 5.41) is 9.09. The molecule has 0 radical (unpaired) electrons. The summed E-state index contributed by atoms with van der Waals surface area (Å²) in [6.45, 7) is 4.39. The number of carbonyl (C=O) groups excluding carboxylic acids is 2. The van der Waals surface area contributed by atoms with Crippen LogP contribution in [0.25, 0.3) is 0 Å². The Morgan fingerprint density at radius 2 is 1.96 bits per heavy atom. The molecule has 0 bridgehead atoms. The van der Waals surface area contributed by atoms with Crippen molar-refractivity contribution in [1.82, 2.24) is 10.6 Å². The third-order valence-corrected chi connectivity index (χ3v) is 4.57. The van der Waals surface area contributed by atoms with E-state index >= 15 is 0 Å². The maximum atomic E-state index is 12.4. The minimum atomic E-state index is -0.0971. The molecule has 1 aliphatic carbocycles. The lowest BCUT2D eigenvalue weighted by atomic mass is 9.95. The fourth-order valence-corrected chi connectivity index (χ4v) is 2.87. The van der Waals surface area contributed by atoms with Gasteiger partial charge in [-0.15, -0.1) is 0 Å². The molecule has 0 heterocycles. The quantitative estimate of drug-likeness (QED) is 0.719. The summed E-state index contributed by atoms with van der Waals surface area (Å²) < 4.78 is 0. The summed E-state index contributed by atoms with van der Waals surface area (Å²) in [7, 11) is 0. The van der Waals surface area contributed by atoms with Crippen LogP contribution < -0.4 is 16.0 Å². The van der Waals surface area contributed by atoms with E-state index in [1.807, 2.05) is 6.92 Å². The Balaban J connectivity index is 1.88. The van der Waals surface area contributed by atoms with Crippen LogP contribution in [0.5, 0.6) is 0 Å². The van der Waals surface area contributed by atoms with Crippen molar-refractivity contribution in [2.75, 3.05) is 11.9 Å². The number of nitrogens with one attached hydrogen (secondary N) is 3. The SMILES string of the molecule is CCC(C)NCC(=O)Nc1cccc(C(=O)NC2CCCCC2)c1. The van der Waals surface area contributed by atoms with Gasteiger partial charge in [0.05, 0.1) is 6.54 Å². The van der Waals surface area contributed by atoms with E-state index in [1.54, 1.807) is 24.3 Å². The Morgan fingerprint density at radius 1 is 1.21 bits per heavy atom. The van der Waals surface area contributed by atoms with Crippen LogP contribution in [0, 0.1) is 0 Å². The lowest BCUT2D eigenvalue weighted by Crippen LogP contribution is -2.36. The molecule has 0 spiro atoms.